The molecule has 0 aliphatic carbocycles. The minimum atomic E-state index is -0.254. The number of methoxy groups -OCH3 is 1. The lowest BCUT2D eigenvalue weighted by Crippen LogP contribution is -2.12. The Morgan fingerprint density at radius 2 is 1.93 bits per heavy atom. The largest absolute Gasteiger partial charge is 0.497 e. The molecule has 2 heterocycles. The van der Waals surface area contributed by atoms with Gasteiger partial charge in [-0.2, -0.15) is 5.10 Å². The van der Waals surface area contributed by atoms with E-state index >= 15 is 0 Å². The Bertz CT molecular complexity index is 1160. The van der Waals surface area contributed by atoms with Gasteiger partial charge in [-0.25, -0.2) is 9.67 Å². The number of benzene rings is 2. The Labute approximate surface area is 172 Å². The van der Waals surface area contributed by atoms with Crippen LogP contribution in [0.25, 0.3) is 16.9 Å². The van der Waals surface area contributed by atoms with Crippen molar-refractivity contribution in [3.63, 3.8) is 0 Å². The van der Waals surface area contributed by atoms with Crippen LogP contribution >= 0.6 is 11.3 Å². The summed E-state index contributed by atoms with van der Waals surface area (Å²) in [5, 5.41) is 10.0. The molecule has 2 aromatic carbocycles. The predicted molar refractivity (Wildman–Crippen MR) is 115 cm³/mol. The maximum atomic E-state index is 13.0. The molecule has 0 atom stereocenters. The number of ether oxygens (including phenoxy) is 1. The average molecular weight is 404 g/mol. The second-order valence-electron chi connectivity index (χ2n) is 6.65. The number of hydrogen-bond acceptors (Lipinski definition) is 5. The summed E-state index contributed by atoms with van der Waals surface area (Å²) in [6, 6.07) is 15.5. The van der Waals surface area contributed by atoms with Crippen LogP contribution < -0.4 is 10.1 Å². The molecule has 0 saturated heterocycles. The van der Waals surface area contributed by atoms with Gasteiger partial charge in [0, 0.05) is 17.1 Å². The number of anilines is 1. The number of thiazole rings is 1. The van der Waals surface area contributed by atoms with E-state index < -0.39 is 0 Å². The molecule has 0 spiro atoms. The molecular weight excluding hydrogens is 384 g/mol. The second-order valence-corrected chi connectivity index (χ2v) is 7.51. The minimum absolute atomic E-state index is 0.254. The summed E-state index contributed by atoms with van der Waals surface area (Å²) in [6.07, 6.45) is 1.75. The van der Waals surface area contributed by atoms with Crippen LogP contribution in [0.5, 0.6) is 5.75 Å². The molecule has 0 unspecified atom stereocenters. The van der Waals surface area contributed by atoms with Gasteiger partial charge >= 0.3 is 0 Å². The predicted octanol–water partition coefficient (Wildman–Crippen LogP) is 4.87. The van der Waals surface area contributed by atoms with Crippen LogP contribution in [0, 0.1) is 13.8 Å². The van der Waals surface area contributed by atoms with Gasteiger partial charge in [0.1, 0.15) is 11.4 Å². The number of aryl methyl sites for hydroxylation is 2. The van der Waals surface area contributed by atoms with E-state index in [9.17, 15) is 4.79 Å². The standard InChI is InChI=1S/C22H20N4O2S/c1-14-7-9-17(10-8-14)26-12-19(21(27)24-22-23-15(2)13-29-22)20(25-26)16-5-4-6-18(11-16)28-3/h4-13H,1-3H3,(H,23,24,27). The lowest BCUT2D eigenvalue weighted by atomic mass is 10.1. The number of hydrogen-bond donors (Lipinski definition) is 1. The van der Waals surface area contributed by atoms with Gasteiger partial charge in [-0.05, 0) is 38.1 Å². The van der Waals surface area contributed by atoms with Crippen molar-refractivity contribution in [3.8, 4) is 22.7 Å². The van der Waals surface area contributed by atoms with Crippen LogP contribution in [0.2, 0.25) is 0 Å². The van der Waals surface area contributed by atoms with E-state index in [0.717, 1.165) is 22.5 Å². The average Bonchev–Trinajstić information content (AvgIpc) is 3.35. The Morgan fingerprint density at radius 1 is 1.14 bits per heavy atom. The maximum absolute atomic E-state index is 13.0. The molecule has 146 valence electrons. The summed E-state index contributed by atoms with van der Waals surface area (Å²) in [5.74, 6) is 0.449. The minimum Gasteiger partial charge on any atom is -0.497 e. The zero-order valence-corrected chi connectivity index (χ0v) is 17.2. The number of nitrogens with one attached hydrogen (secondary N) is 1. The highest BCUT2D eigenvalue weighted by Gasteiger charge is 2.20. The fourth-order valence-electron chi connectivity index (χ4n) is 2.93. The van der Waals surface area contributed by atoms with Gasteiger partial charge < -0.3 is 4.74 Å². The third-order valence-electron chi connectivity index (χ3n) is 4.44. The summed E-state index contributed by atoms with van der Waals surface area (Å²) in [5.41, 5.74) is 4.75. The smallest absolute Gasteiger partial charge is 0.261 e. The molecule has 4 rings (SSSR count). The molecule has 0 bridgehead atoms. The highest BCUT2D eigenvalue weighted by atomic mass is 32.1. The molecule has 2 aromatic heterocycles. The molecule has 6 nitrogen and oxygen atoms in total. The van der Waals surface area contributed by atoms with Crippen molar-refractivity contribution >= 4 is 22.4 Å². The molecule has 1 amide bonds. The fraction of sp³-hybridized carbons (Fsp3) is 0.136. The summed E-state index contributed by atoms with van der Waals surface area (Å²) < 4.78 is 7.05. The van der Waals surface area contributed by atoms with Crippen molar-refractivity contribution in [2.75, 3.05) is 12.4 Å². The first kappa shape index (κ1) is 18.9. The van der Waals surface area contributed by atoms with E-state index in [1.165, 1.54) is 11.3 Å². The second kappa shape index (κ2) is 7.89. The first-order chi connectivity index (χ1) is 14.0. The third-order valence-corrected chi connectivity index (χ3v) is 5.32. The molecule has 4 aromatic rings. The molecule has 0 saturated carbocycles. The van der Waals surface area contributed by atoms with E-state index in [1.807, 2.05) is 67.8 Å². The molecule has 1 N–H and O–H groups in total. The van der Waals surface area contributed by atoms with Gasteiger partial charge in [-0.1, -0.05) is 29.8 Å². The number of amides is 1. The van der Waals surface area contributed by atoms with Crippen molar-refractivity contribution in [3.05, 3.63) is 76.9 Å². The number of carbonyl (C=O) groups excluding carboxylic acids is 1. The lowest BCUT2D eigenvalue weighted by molar-refractivity contribution is 0.102. The van der Waals surface area contributed by atoms with Crippen LogP contribution in [0.4, 0.5) is 5.13 Å². The molecular formula is C22H20N4O2S. The van der Waals surface area contributed by atoms with Crippen molar-refractivity contribution in [1.82, 2.24) is 14.8 Å². The number of aromatic nitrogens is 3. The zero-order chi connectivity index (χ0) is 20.4. The normalized spacial score (nSPS) is 10.7. The first-order valence-corrected chi connectivity index (χ1v) is 9.96. The van der Waals surface area contributed by atoms with Gasteiger partial charge in [0.2, 0.25) is 0 Å². The number of nitrogens with zero attached hydrogens (tertiary/aromatic N) is 3. The molecule has 0 aliphatic heterocycles. The lowest BCUT2D eigenvalue weighted by Gasteiger charge is -2.05. The van der Waals surface area contributed by atoms with Crippen LogP contribution in [0.1, 0.15) is 21.6 Å². The molecule has 0 fully saturated rings. The number of carbonyl (C=O) groups is 1. The maximum Gasteiger partial charge on any atom is 0.261 e. The van der Waals surface area contributed by atoms with E-state index in [0.29, 0.717) is 22.1 Å². The van der Waals surface area contributed by atoms with E-state index in [1.54, 1.807) is 18.0 Å². The SMILES string of the molecule is COc1cccc(-c2nn(-c3ccc(C)cc3)cc2C(=O)Nc2nc(C)cs2)c1. The van der Waals surface area contributed by atoms with Crippen LogP contribution in [-0.4, -0.2) is 27.8 Å². The zero-order valence-electron chi connectivity index (χ0n) is 16.3. The molecule has 7 heteroatoms. The van der Waals surface area contributed by atoms with Gasteiger partial charge in [0.15, 0.2) is 5.13 Å². The van der Waals surface area contributed by atoms with Crippen LogP contribution in [-0.2, 0) is 0 Å². The number of rotatable bonds is 5. The van der Waals surface area contributed by atoms with Crippen molar-refractivity contribution < 1.29 is 9.53 Å². The Morgan fingerprint density at radius 3 is 2.62 bits per heavy atom. The Hall–Kier alpha value is -3.45. The summed E-state index contributed by atoms with van der Waals surface area (Å²) in [4.78, 5) is 17.4. The van der Waals surface area contributed by atoms with Crippen LogP contribution in [0.15, 0.2) is 60.1 Å². The van der Waals surface area contributed by atoms with E-state index in [4.69, 9.17) is 9.84 Å². The quantitative estimate of drug-likeness (QED) is 0.515. The first-order valence-electron chi connectivity index (χ1n) is 9.08. The van der Waals surface area contributed by atoms with Crippen molar-refractivity contribution in [1.29, 1.82) is 0 Å². The van der Waals surface area contributed by atoms with Gasteiger partial charge in [-0.15, -0.1) is 11.3 Å². The van der Waals surface area contributed by atoms with E-state index in [-0.39, 0.29) is 5.91 Å². The Balaban J connectivity index is 1.78. The Kier molecular flexibility index (Phi) is 5.14. The highest BCUT2D eigenvalue weighted by Crippen LogP contribution is 2.28. The molecule has 0 aliphatic rings. The van der Waals surface area contributed by atoms with Gasteiger partial charge in [0.25, 0.3) is 5.91 Å². The summed E-state index contributed by atoms with van der Waals surface area (Å²) in [6.45, 7) is 3.92. The summed E-state index contributed by atoms with van der Waals surface area (Å²) >= 11 is 1.39. The van der Waals surface area contributed by atoms with E-state index in [2.05, 4.69) is 10.3 Å². The van der Waals surface area contributed by atoms with Crippen molar-refractivity contribution in [2.45, 2.75) is 13.8 Å². The van der Waals surface area contributed by atoms with Gasteiger partial charge in [0.05, 0.1) is 24.1 Å². The van der Waals surface area contributed by atoms with Crippen molar-refractivity contribution in [2.24, 2.45) is 0 Å². The van der Waals surface area contributed by atoms with Gasteiger partial charge in [-0.3, -0.25) is 10.1 Å². The molecule has 0 radical (unpaired) electrons. The monoisotopic (exact) mass is 404 g/mol. The highest BCUT2D eigenvalue weighted by molar-refractivity contribution is 7.13. The fourth-order valence-corrected chi connectivity index (χ4v) is 3.61. The summed E-state index contributed by atoms with van der Waals surface area (Å²) in [7, 11) is 1.61. The van der Waals surface area contributed by atoms with Crippen LogP contribution in [0.3, 0.4) is 0 Å². The topological polar surface area (TPSA) is 69.0 Å². The third kappa shape index (κ3) is 4.05. The molecule has 29 heavy (non-hydrogen) atoms.